The smallest absolute Gasteiger partial charge is 0.227 e. The number of nitrogens with zero attached hydrogens (tertiary/aromatic N) is 2. The maximum Gasteiger partial charge on any atom is 0.227 e. The van der Waals surface area contributed by atoms with E-state index in [1.54, 1.807) is 0 Å². The maximum absolute atomic E-state index is 5.98. The molecule has 4 nitrogen and oxygen atoms in total. The first-order valence-electron chi connectivity index (χ1n) is 7.35. The zero-order valence-corrected chi connectivity index (χ0v) is 13.4. The minimum Gasteiger partial charge on any atom is -0.439 e. The number of rotatable bonds is 5. The lowest BCUT2D eigenvalue weighted by molar-refractivity contribution is 0.454. The fraction of sp³-hybridized carbons (Fsp3) is 0.412. The van der Waals surface area contributed by atoms with Crippen molar-refractivity contribution in [1.82, 2.24) is 9.97 Å². The quantitative estimate of drug-likeness (QED) is 0.895. The molecule has 0 spiro atoms. The van der Waals surface area contributed by atoms with E-state index in [0.29, 0.717) is 5.88 Å². The maximum atomic E-state index is 5.98. The SMILES string of the molecule is CCCc1nc(NC)c(C)c(Oc2ccc(C)c(C)c2)n1. The number of nitrogens with one attached hydrogen (secondary N) is 1. The molecule has 1 heterocycles. The van der Waals surface area contributed by atoms with E-state index >= 15 is 0 Å². The van der Waals surface area contributed by atoms with Crippen LogP contribution >= 0.6 is 0 Å². The van der Waals surface area contributed by atoms with Gasteiger partial charge < -0.3 is 10.1 Å². The van der Waals surface area contributed by atoms with Gasteiger partial charge in [0.2, 0.25) is 5.88 Å². The van der Waals surface area contributed by atoms with E-state index in [9.17, 15) is 0 Å². The van der Waals surface area contributed by atoms with Crippen LogP contribution in [0.1, 0.15) is 35.9 Å². The van der Waals surface area contributed by atoms with Crippen molar-refractivity contribution >= 4 is 5.82 Å². The Labute approximate surface area is 126 Å². The molecule has 4 heteroatoms. The van der Waals surface area contributed by atoms with Crippen molar-refractivity contribution in [2.75, 3.05) is 12.4 Å². The Morgan fingerprint density at radius 3 is 2.48 bits per heavy atom. The van der Waals surface area contributed by atoms with Crippen molar-refractivity contribution < 1.29 is 4.74 Å². The van der Waals surface area contributed by atoms with Gasteiger partial charge in [-0.05, 0) is 50.5 Å². The highest BCUT2D eigenvalue weighted by Crippen LogP contribution is 2.28. The van der Waals surface area contributed by atoms with Gasteiger partial charge in [0.05, 0.1) is 5.56 Å². The Balaban J connectivity index is 2.37. The molecule has 0 atom stereocenters. The summed E-state index contributed by atoms with van der Waals surface area (Å²) in [5.74, 6) is 3.07. The average Bonchev–Trinajstić information content (AvgIpc) is 2.46. The minimum atomic E-state index is 0.626. The molecule has 21 heavy (non-hydrogen) atoms. The molecule has 112 valence electrons. The first kappa shape index (κ1) is 15.3. The molecule has 0 aliphatic carbocycles. The molecular formula is C17H23N3O. The van der Waals surface area contributed by atoms with Gasteiger partial charge in [-0.2, -0.15) is 4.98 Å². The fourth-order valence-electron chi connectivity index (χ4n) is 2.11. The molecule has 0 bridgehead atoms. The lowest BCUT2D eigenvalue weighted by Crippen LogP contribution is -2.05. The Hall–Kier alpha value is -2.10. The number of aromatic nitrogens is 2. The van der Waals surface area contributed by atoms with Crippen LogP contribution in [0.15, 0.2) is 18.2 Å². The van der Waals surface area contributed by atoms with E-state index < -0.39 is 0 Å². The van der Waals surface area contributed by atoms with Gasteiger partial charge in [-0.15, -0.1) is 0 Å². The van der Waals surface area contributed by atoms with Crippen molar-refractivity contribution in [3.63, 3.8) is 0 Å². The second-order valence-corrected chi connectivity index (χ2v) is 5.27. The largest absolute Gasteiger partial charge is 0.439 e. The summed E-state index contributed by atoms with van der Waals surface area (Å²) in [5, 5.41) is 3.11. The van der Waals surface area contributed by atoms with Crippen LogP contribution in [-0.2, 0) is 6.42 Å². The number of benzene rings is 1. The van der Waals surface area contributed by atoms with E-state index in [0.717, 1.165) is 35.8 Å². The highest BCUT2D eigenvalue weighted by molar-refractivity contribution is 5.49. The molecule has 0 fully saturated rings. The summed E-state index contributed by atoms with van der Waals surface area (Å²) in [6.45, 7) is 8.26. The minimum absolute atomic E-state index is 0.626. The predicted octanol–water partition coefficient (Wildman–Crippen LogP) is 4.19. The summed E-state index contributed by atoms with van der Waals surface area (Å²) < 4.78 is 5.98. The molecule has 0 aliphatic rings. The molecule has 2 aromatic rings. The van der Waals surface area contributed by atoms with Gasteiger partial charge in [-0.1, -0.05) is 13.0 Å². The van der Waals surface area contributed by atoms with E-state index in [2.05, 4.69) is 42.1 Å². The summed E-state index contributed by atoms with van der Waals surface area (Å²) in [6, 6.07) is 6.07. The summed E-state index contributed by atoms with van der Waals surface area (Å²) in [5.41, 5.74) is 3.39. The van der Waals surface area contributed by atoms with E-state index in [1.165, 1.54) is 11.1 Å². The topological polar surface area (TPSA) is 47.0 Å². The monoisotopic (exact) mass is 285 g/mol. The first-order chi connectivity index (χ1) is 10.0. The number of aryl methyl sites for hydroxylation is 3. The van der Waals surface area contributed by atoms with E-state index in [4.69, 9.17) is 4.74 Å². The third-order valence-electron chi connectivity index (χ3n) is 3.55. The van der Waals surface area contributed by atoms with Crippen LogP contribution in [0.2, 0.25) is 0 Å². The van der Waals surface area contributed by atoms with Gasteiger partial charge in [0.25, 0.3) is 0 Å². The molecule has 0 aliphatic heterocycles. The molecule has 0 saturated heterocycles. The molecule has 2 rings (SSSR count). The van der Waals surface area contributed by atoms with E-state index in [1.807, 2.05) is 26.1 Å². The third kappa shape index (κ3) is 3.51. The Morgan fingerprint density at radius 1 is 1.10 bits per heavy atom. The number of hydrogen-bond donors (Lipinski definition) is 1. The lowest BCUT2D eigenvalue weighted by atomic mass is 10.1. The Bertz CT molecular complexity index is 638. The average molecular weight is 285 g/mol. The van der Waals surface area contributed by atoms with Crippen molar-refractivity contribution in [3.05, 3.63) is 40.7 Å². The van der Waals surface area contributed by atoms with Gasteiger partial charge >= 0.3 is 0 Å². The molecule has 1 aromatic carbocycles. The summed E-state index contributed by atoms with van der Waals surface area (Å²) in [6.07, 6.45) is 1.85. The van der Waals surface area contributed by atoms with E-state index in [-0.39, 0.29) is 0 Å². The lowest BCUT2D eigenvalue weighted by Gasteiger charge is -2.13. The van der Waals surface area contributed by atoms with Gasteiger partial charge in [0, 0.05) is 13.5 Å². The highest BCUT2D eigenvalue weighted by Gasteiger charge is 2.12. The van der Waals surface area contributed by atoms with Gasteiger partial charge in [0.1, 0.15) is 17.4 Å². The predicted molar refractivity (Wildman–Crippen MR) is 86.3 cm³/mol. The van der Waals surface area contributed by atoms with Crippen LogP contribution in [0, 0.1) is 20.8 Å². The Morgan fingerprint density at radius 2 is 1.86 bits per heavy atom. The van der Waals surface area contributed by atoms with Crippen LogP contribution in [0.25, 0.3) is 0 Å². The van der Waals surface area contributed by atoms with Crippen LogP contribution in [-0.4, -0.2) is 17.0 Å². The number of ether oxygens (including phenoxy) is 1. The van der Waals surface area contributed by atoms with Crippen molar-refractivity contribution in [3.8, 4) is 11.6 Å². The molecule has 0 unspecified atom stereocenters. The second kappa shape index (κ2) is 6.57. The van der Waals surface area contributed by atoms with Crippen molar-refractivity contribution in [2.24, 2.45) is 0 Å². The van der Waals surface area contributed by atoms with Crippen LogP contribution in [0.4, 0.5) is 5.82 Å². The Kier molecular flexibility index (Phi) is 4.78. The van der Waals surface area contributed by atoms with Crippen LogP contribution in [0.3, 0.4) is 0 Å². The normalized spacial score (nSPS) is 10.5. The van der Waals surface area contributed by atoms with Gasteiger partial charge in [-0.25, -0.2) is 4.98 Å². The summed E-state index contributed by atoms with van der Waals surface area (Å²) >= 11 is 0. The number of hydrogen-bond acceptors (Lipinski definition) is 4. The van der Waals surface area contributed by atoms with Gasteiger partial charge in [-0.3, -0.25) is 0 Å². The second-order valence-electron chi connectivity index (χ2n) is 5.27. The summed E-state index contributed by atoms with van der Waals surface area (Å²) in [4.78, 5) is 9.06. The fourth-order valence-corrected chi connectivity index (χ4v) is 2.11. The van der Waals surface area contributed by atoms with Crippen molar-refractivity contribution in [2.45, 2.75) is 40.5 Å². The highest BCUT2D eigenvalue weighted by atomic mass is 16.5. The molecule has 1 N–H and O–H groups in total. The molecule has 0 saturated carbocycles. The zero-order valence-electron chi connectivity index (χ0n) is 13.4. The third-order valence-corrected chi connectivity index (χ3v) is 3.55. The molecule has 1 aromatic heterocycles. The van der Waals surface area contributed by atoms with Crippen LogP contribution < -0.4 is 10.1 Å². The molecule has 0 radical (unpaired) electrons. The zero-order chi connectivity index (χ0) is 15.4. The summed E-state index contributed by atoms with van der Waals surface area (Å²) in [7, 11) is 1.87. The number of anilines is 1. The molecular weight excluding hydrogens is 262 g/mol. The standard InChI is InChI=1S/C17H23N3O/c1-6-7-15-19-16(18-5)13(4)17(20-15)21-14-9-8-11(2)12(3)10-14/h8-10H,6-7H2,1-5H3,(H,18,19,20). The van der Waals surface area contributed by atoms with Crippen molar-refractivity contribution in [1.29, 1.82) is 0 Å². The van der Waals surface area contributed by atoms with Gasteiger partial charge in [0.15, 0.2) is 0 Å². The van der Waals surface area contributed by atoms with Crippen LogP contribution in [0.5, 0.6) is 11.6 Å². The first-order valence-corrected chi connectivity index (χ1v) is 7.35. The molecule has 0 amide bonds.